The summed E-state index contributed by atoms with van der Waals surface area (Å²) in [6.45, 7) is 0. The van der Waals surface area contributed by atoms with Crippen LogP contribution in [0.4, 0.5) is 5.69 Å². The normalized spacial score (nSPS) is 20.8. The van der Waals surface area contributed by atoms with Crippen molar-refractivity contribution in [2.45, 2.75) is 6.23 Å². The van der Waals surface area contributed by atoms with Crippen LogP contribution in [0.1, 0.15) is 5.56 Å². The number of nitrogens with zero attached hydrogens (tertiary/aromatic N) is 1. The minimum atomic E-state index is -1.48. The first kappa shape index (κ1) is 7.94. The number of benzene rings is 1. The third-order valence-electron chi connectivity index (χ3n) is 1.96. The van der Waals surface area contributed by atoms with Crippen LogP contribution >= 0.6 is 0 Å². The Kier molecular flexibility index (Phi) is 1.63. The van der Waals surface area contributed by atoms with Crippen LogP contribution in [-0.2, 0) is 0 Å². The summed E-state index contributed by atoms with van der Waals surface area (Å²) >= 11 is 0. The molecule has 0 fully saturated rings. The molecule has 0 bridgehead atoms. The van der Waals surface area contributed by atoms with Gasteiger partial charge < -0.3 is 10.2 Å². The number of aliphatic hydroxyl groups excluding tert-OH is 2. The maximum atomic E-state index is 11.3. The summed E-state index contributed by atoms with van der Waals surface area (Å²) < 4.78 is 0.380. The van der Waals surface area contributed by atoms with E-state index >= 15 is 0 Å². The molecule has 1 heterocycles. The lowest BCUT2D eigenvalue weighted by molar-refractivity contribution is -0.549. The summed E-state index contributed by atoms with van der Waals surface area (Å²) in [7, 11) is 0. The zero-order chi connectivity index (χ0) is 9.42. The Morgan fingerprint density at radius 1 is 1.31 bits per heavy atom. The molecule has 0 aliphatic carbocycles. The highest BCUT2D eigenvalue weighted by atomic mass is 16.4. The second kappa shape index (κ2) is 2.67. The first-order valence-electron chi connectivity index (χ1n) is 3.84. The molecule has 4 heteroatoms. The van der Waals surface area contributed by atoms with Gasteiger partial charge in [-0.15, -0.1) is 0 Å². The molecular formula is C9H8NO3+. The average molecular weight is 178 g/mol. The minimum Gasteiger partial charge on any atom is -0.504 e. The molecule has 0 radical (unpaired) electrons. The largest absolute Gasteiger partial charge is 0.504 e. The molecule has 0 saturated heterocycles. The zero-order valence-electron chi connectivity index (χ0n) is 6.71. The van der Waals surface area contributed by atoms with Gasteiger partial charge in [0.2, 0.25) is 0 Å². The van der Waals surface area contributed by atoms with Crippen LogP contribution in [0.5, 0.6) is 0 Å². The Balaban J connectivity index is 2.63. The lowest BCUT2D eigenvalue weighted by atomic mass is 10.1. The van der Waals surface area contributed by atoms with Gasteiger partial charge in [-0.2, -0.15) is 0 Å². The molecular weight excluding hydrogens is 170 g/mol. The second-order valence-corrected chi connectivity index (χ2v) is 2.83. The van der Waals surface area contributed by atoms with Gasteiger partial charge in [0, 0.05) is 11.0 Å². The Bertz CT molecular complexity index is 398. The summed E-state index contributed by atoms with van der Waals surface area (Å²) in [6, 6.07) is 6.75. The maximum Gasteiger partial charge on any atom is 0.367 e. The van der Waals surface area contributed by atoms with Crippen LogP contribution in [0.3, 0.4) is 0 Å². The number of hydrogen-bond acceptors (Lipinski definition) is 3. The van der Waals surface area contributed by atoms with E-state index in [9.17, 15) is 10.0 Å². The van der Waals surface area contributed by atoms with Crippen molar-refractivity contribution in [3.05, 3.63) is 40.5 Å². The minimum absolute atomic E-state index is 0.325. The Hall–Kier alpha value is -1.68. The van der Waals surface area contributed by atoms with E-state index in [1.807, 2.05) is 0 Å². The van der Waals surface area contributed by atoms with Gasteiger partial charge in [0.15, 0.2) is 5.76 Å². The van der Waals surface area contributed by atoms with Crippen LogP contribution in [-0.4, -0.2) is 21.2 Å². The first-order valence-corrected chi connectivity index (χ1v) is 3.84. The van der Waals surface area contributed by atoms with Gasteiger partial charge in [-0.1, -0.05) is 12.1 Å². The maximum absolute atomic E-state index is 11.3. The fourth-order valence-corrected chi connectivity index (χ4v) is 1.30. The molecule has 1 aromatic carbocycles. The standard InChI is InChI=1S/C9H7NO3/c11-8-5-6-3-1-2-4-7(6)10(13)9(8)12/h1-5,9,12H/p+1. The topological polar surface area (TPSA) is 60.5 Å². The van der Waals surface area contributed by atoms with Gasteiger partial charge in [-0.05, 0) is 12.1 Å². The summed E-state index contributed by atoms with van der Waals surface area (Å²) in [5.41, 5.74) is 0.980. The van der Waals surface area contributed by atoms with Crippen molar-refractivity contribution < 1.29 is 15.0 Å². The molecule has 1 aliphatic rings. The molecule has 1 aliphatic heterocycles. The SMILES string of the molecule is O=[N+]1c2ccccc2C=C(O)C1O. The van der Waals surface area contributed by atoms with Crippen molar-refractivity contribution in [3.8, 4) is 0 Å². The Labute approximate surface area is 74.3 Å². The molecule has 13 heavy (non-hydrogen) atoms. The van der Waals surface area contributed by atoms with E-state index in [4.69, 9.17) is 5.11 Å². The fourth-order valence-electron chi connectivity index (χ4n) is 1.30. The van der Waals surface area contributed by atoms with Crippen LogP contribution in [0.25, 0.3) is 6.08 Å². The van der Waals surface area contributed by atoms with E-state index in [2.05, 4.69) is 0 Å². The van der Waals surface area contributed by atoms with Crippen LogP contribution < -0.4 is 0 Å². The highest BCUT2D eigenvalue weighted by molar-refractivity contribution is 5.63. The third kappa shape index (κ3) is 1.11. The van der Waals surface area contributed by atoms with E-state index in [0.717, 1.165) is 0 Å². The van der Waals surface area contributed by atoms with Crippen LogP contribution in [0, 0.1) is 4.91 Å². The quantitative estimate of drug-likeness (QED) is 0.589. The molecule has 1 atom stereocenters. The van der Waals surface area contributed by atoms with E-state index in [0.29, 0.717) is 16.0 Å². The van der Waals surface area contributed by atoms with Gasteiger partial charge in [-0.25, -0.2) is 0 Å². The van der Waals surface area contributed by atoms with Crippen molar-refractivity contribution in [2.75, 3.05) is 0 Å². The highest BCUT2D eigenvalue weighted by Crippen LogP contribution is 2.27. The van der Waals surface area contributed by atoms with E-state index < -0.39 is 6.23 Å². The predicted octanol–water partition coefficient (Wildman–Crippen LogP) is 1.33. The third-order valence-corrected chi connectivity index (χ3v) is 1.96. The Morgan fingerprint density at radius 2 is 2.00 bits per heavy atom. The molecule has 0 aromatic heterocycles. The van der Waals surface area contributed by atoms with Gasteiger partial charge in [-0.3, -0.25) is 0 Å². The van der Waals surface area contributed by atoms with E-state index in [1.165, 1.54) is 6.08 Å². The number of rotatable bonds is 0. The molecule has 2 rings (SSSR count). The van der Waals surface area contributed by atoms with E-state index in [-0.39, 0.29) is 5.76 Å². The molecule has 1 unspecified atom stereocenters. The zero-order valence-corrected chi connectivity index (χ0v) is 6.71. The van der Waals surface area contributed by atoms with Crippen LogP contribution in [0.15, 0.2) is 30.0 Å². The molecule has 2 N–H and O–H groups in total. The fraction of sp³-hybridized carbons (Fsp3) is 0.111. The lowest BCUT2D eigenvalue weighted by Gasteiger charge is -2.08. The molecule has 66 valence electrons. The van der Waals surface area contributed by atoms with Gasteiger partial charge in [0.25, 0.3) is 5.69 Å². The Morgan fingerprint density at radius 3 is 2.77 bits per heavy atom. The molecule has 0 saturated carbocycles. The smallest absolute Gasteiger partial charge is 0.367 e. The number of para-hydroxylation sites is 1. The second-order valence-electron chi connectivity index (χ2n) is 2.83. The van der Waals surface area contributed by atoms with Crippen LogP contribution in [0.2, 0.25) is 0 Å². The molecule has 0 spiro atoms. The number of hydrogen-bond donors (Lipinski definition) is 2. The number of aliphatic hydroxyl groups is 2. The summed E-state index contributed by atoms with van der Waals surface area (Å²) in [4.78, 5) is 11.3. The monoisotopic (exact) mass is 178 g/mol. The summed E-state index contributed by atoms with van der Waals surface area (Å²) in [6.07, 6.45) is -0.0936. The lowest BCUT2D eigenvalue weighted by Crippen LogP contribution is -2.25. The molecule has 4 nitrogen and oxygen atoms in total. The number of nitroso groups, excluding NO2 is 1. The summed E-state index contributed by atoms with van der Waals surface area (Å²) in [5.74, 6) is -0.325. The first-order chi connectivity index (χ1) is 6.20. The predicted molar refractivity (Wildman–Crippen MR) is 46.3 cm³/mol. The van der Waals surface area contributed by atoms with Crippen molar-refractivity contribution >= 4 is 11.8 Å². The number of fused-ring (bicyclic) bond motifs is 1. The van der Waals surface area contributed by atoms with Crippen molar-refractivity contribution in [3.63, 3.8) is 0 Å². The van der Waals surface area contributed by atoms with Gasteiger partial charge in [0.1, 0.15) is 0 Å². The molecule has 1 aromatic rings. The van der Waals surface area contributed by atoms with Crippen molar-refractivity contribution in [2.24, 2.45) is 0 Å². The van der Waals surface area contributed by atoms with Crippen molar-refractivity contribution in [1.29, 1.82) is 0 Å². The van der Waals surface area contributed by atoms with Gasteiger partial charge in [0.05, 0.1) is 10.3 Å². The summed E-state index contributed by atoms with van der Waals surface area (Å²) in [5, 5.41) is 18.4. The van der Waals surface area contributed by atoms with Gasteiger partial charge >= 0.3 is 6.23 Å². The molecule has 0 amide bonds. The van der Waals surface area contributed by atoms with Crippen molar-refractivity contribution in [1.82, 2.24) is 0 Å². The highest BCUT2D eigenvalue weighted by Gasteiger charge is 2.35. The van der Waals surface area contributed by atoms with E-state index in [1.54, 1.807) is 24.3 Å². The average Bonchev–Trinajstić information content (AvgIpc) is 2.15.